The summed E-state index contributed by atoms with van der Waals surface area (Å²) in [5.74, 6) is 1.31. The van der Waals surface area contributed by atoms with Crippen molar-refractivity contribution in [1.29, 1.82) is 0 Å². The number of rotatable bonds is 4. The van der Waals surface area contributed by atoms with Gasteiger partial charge in [0.1, 0.15) is 22.1 Å². The summed E-state index contributed by atoms with van der Waals surface area (Å²) in [4.78, 5) is 8.67. The van der Waals surface area contributed by atoms with Gasteiger partial charge in [-0.15, -0.1) is 0 Å². The number of nitrogens with one attached hydrogen (secondary N) is 1. The van der Waals surface area contributed by atoms with E-state index in [0.29, 0.717) is 0 Å². The fourth-order valence-electron chi connectivity index (χ4n) is 1.75. The highest BCUT2D eigenvalue weighted by molar-refractivity contribution is 9.10. The maximum atomic E-state index is 12.9. The Labute approximate surface area is 120 Å². The van der Waals surface area contributed by atoms with Gasteiger partial charge in [0.15, 0.2) is 0 Å². The van der Waals surface area contributed by atoms with Gasteiger partial charge in [0.2, 0.25) is 0 Å². The molecule has 5 heteroatoms. The number of aryl methyl sites for hydroxylation is 1. The van der Waals surface area contributed by atoms with Crippen LogP contribution in [0.4, 0.5) is 10.2 Å². The first-order valence-electron chi connectivity index (χ1n) is 6.14. The molecule has 2 aromatic rings. The quantitative estimate of drug-likeness (QED) is 0.860. The van der Waals surface area contributed by atoms with Crippen molar-refractivity contribution >= 4 is 21.7 Å². The molecule has 2 rings (SSSR count). The summed E-state index contributed by atoms with van der Waals surface area (Å²) in [5, 5.41) is 3.29. The van der Waals surface area contributed by atoms with E-state index in [1.54, 1.807) is 12.1 Å². The number of nitrogens with zero attached hydrogens (tertiary/aromatic N) is 2. The molecule has 0 saturated heterocycles. The lowest BCUT2D eigenvalue weighted by Gasteiger charge is -2.15. The van der Waals surface area contributed by atoms with E-state index in [4.69, 9.17) is 0 Å². The number of hydrogen-bond acceptors (Lipinski definition) is 3. The molecule has 1 N–H and O–H groups in total. The fraction of sp³-hybridized carbons (Fsp3) is 0.286. The molecule has 3 nitrogen and oxygen atoms in total. The molecule has 1 aromatic carbocycles. The fourth-order valence-corrected chi connectivity index (χ4v) is 2.17. The van der Waals surface area contributed by atoms with Crippen molar-refractivity contribution < 1.29 is 4.39 Å². The summed E-state index contributed by atoms with van der Waals surface area (Å²) in [7, 11) is 0. The summed E-state index contributed by atoms with van der Waals surface area (Å²) in [6.45, 7) is 4.02. The monoisotopic (exact) mass is 323 g/mol. The molecule has 100 valence electrons. The first kappa shape index (κ1) is 13.9. The summed E-state index contributed by atoms with van der Waals surface area (Å²) in [6, 6.07) is 8.33. The van der Waals surface area contributed by atoms with Crippen LogP contribution in [0.3, 0.4) is 0 Å². The van der Waals surface area contributed by atoms with Gasteiger partial charge >= 0.3 is 0 Å². The Morgan fingerprint density at radius 1 is 1.26 bits per heavy atom. The summed E-state index contributed by atoms with van der Waals surface area (Å²) in [5.41, 5.74) is 1.01. The van der Waals surface area contributed by atoms with Gasteiger partial charge in [0.05, 0.1) is 0 Å². The molecule has 0 saturated carbocycles. The standard InChI is InChI=1S/C14H15BrFN3/c1-3-13-18-12(15)8-14(19-13)17-9(2)10-4-6-11(16)7-5-10/h4-9H,3H2,1-2H3,(H,17,18,19). The van der Waals surface area contributed by atoms with Gasteiger partial charge in [0.25, 0.3) is 0 Å². The smallest absolute Gasteiger partial charge is 0.131 e. The molecule has 0 aliphatic heterocycles. The Bertz CT molecular complexity index is 557. The minimum Gasteiger partial charge on any atom is -0.363 e. The molecule has 1 heterocycles. The molecule has 0 radical (unpaired) electrons. The van der Waals surface area contributed by atoms with Gasteiger partial charge in [0, 0.05) is 18.5 Å². The molecule has 0 aliphatic carbocycles. The Morgan fingerprint density at radius 3 is 2.58 bits per heavy atom. The number of benzene rings is 1. The molecule has 0 bridgehead atoms. The second kappa shape index (κ2) is 6.10. The predicted octanol–water partition coefficient (Wildman–Crippen LogP) is 4.11. The maximum absolute atomic E-state index is 12.9. The molecule has 0 fully saturated rings. The van der Waals surface area contributed by atoms with Crippen molar-refractivity contribution in [2.45, 2.75) is 26.3 Å². The van der Waals surface area contributed by atoms with Gasteiger partial charge in [-0.25, -0.2) is 14.4 Å². The Balaban J connectivity index is 2.16. The third-order valence-corrected chi connectivity index (χ3v) is 3.20. The van der Waals surface area contributed by atoms with Crippen molar-refractivity contribution in [2.24, 2.45) is 0 Å². The van der Waals surface area contributed by atoms with Crippen LogP contribution >= 0.6 is 15.9 Å². The van der Waals surface area contributed by atoms with Crippen LogP contribution in [0.5, 0.6) is 0 Å². The van der Waals surface area contributed by atoms with Crippen molar-refractivity contribution in [3.63, 3.8) is 0 Å². The molecule has 1 atom stereocenters. The first-order valence-corrected chi connectivity index (χ1v) is 6.93. The van der Waals surface area contributed by atoms with E-state index in [2.05, 4.69) is 31.2 Å². The van der Waals surface area contributed by atoms with Crippen LogP contribution in [0, 0.1) is 5.82 Å². The summed E-state index contributed by atoms with van der Waals surface area (Å²) in [6.07, 6.45) is 0.777. The van der Waals surface area contributed by atoms with E-state index in [0.717, 1.165) is 28.2 Å². The Morgan fingerprint density at radius 2 is 1.95 bits per heavy atom. The van der Waals surface area contributed by atoms with Crippen molar-refractivity contribution in [1.82, 2.24) is 9.97 Å². The molecular weight excluding hydrogens is 309 g/mol. The van der Waals surface area contributed by atoms with Crippen LogP contribution < -0.4 is 5.32 Å². The highest BCUT2D eigenvalue weighted by Gasteiger charge is 2.08. The van der Waals surface area contributed by atoms with Crippen LogP contribution in [0.2, 0.25) is 0 Å². The van der Waals surface area contributed by atoms with E-state index < -0.39 is 0 Å². The average molecular weight is 324 g/mol. The molecule has 19 heavy (non-hydrogen) atoms. The van der Waals surface area contributed by atoms with Crippen molar-refractivity contribution in [3.05, 3.63) is 52.1 Å². The second-order valence-electron chi connectivity index (χ2n) is 4.26. The molecule has 1 aromatic heterocycles. The van der Waals surface area contributed by atoms with E-state index in [-0.39, 0.29) is 11.9 Å². The minimum atomic E-state index is -0.228. The molecule has 1 unspecified atom stereocenters. The number of aromatic nitrogens is 2. The summed E-state index contributed by atoms with van der Waals surface area (Å²) < 4.78 is 13.6. The van der Waals surface area contributed by atoms with Crippen LogP contribution in [0.25, 0.3) is 0 Å². The molecule has 0 amide bonds. The van der Waals surface area contributed by atoms with E-state index in [9.17, 15) is 4.39 Å². The predicted molar refractivity (Wildman–Crippen MR) is 77.5 cm³/mol. The van der Waals surface area contributed by atoms with Crippen LogP contribution in [0.15, 0.2) is 34.9 Å². The van der Waals surface area contributed by atoms with Crippen molar-refractivity contribution in [3.8, 4) is 0 Å². The van der Waals surface area contributed by atoms with Crippen LogP contribution in [-0.4, -0.2) is 9.97 Å². The van der Waals surface area contributed by atoms with E-state index in [1.807, 2.05) is 19.9 Å². The number of hydrogen-bond donors (Lipinski definition) is 1. The maximum Gasteiger partial charge on any atom is 0.131 e. The molecule has 0 aliphatic rings. The topological polar surface area (TPSA) is 37.8 Å². The van der Waals surface area contributed by atoms with Gasteiger partial charge in [-0.2, -0.15) is 0 Å². The SMILES string of the molecule is CCc1nc(Br)cc(NC(C)c2ccc(F)cc2)n1. The van der Waals surface area contributed by atoms with Gasteiger partial charge < -0.3 is 5.32 Å². The second-order valence-corrected chi connectivity index (χ2v) is 5.08. The van der Waals surface area contributed by atoms with Gasteiger partial charge in [-0.05, 0) is 40.5 Å². The highest BCUT2D eigenvalue weighted by Crippen LogP contribution is 2.20. The average Bonchev–Trinajstić information content (AvgIpc) is 2.38. The van der Waals surface area contributed by atoms with Crippen molar-refractivity contribution in [2.75, 3.05) is 5.32 Å². The first-order chi connectivity index (χ1) is 9.08. The number of anilines is 1. The Hall–Kier alpha value is -1.49. The molecular formula is C14H15BrFN3. The zero-order valence-electron chi connectivity index (χ0n) is 10.8. The van der Waals surface area contributed by atoms with Crippen LogP contribution in [-0.2, 0) is 6.42 Å². The van der Waals surface area contributed by atoms with Crippen LogP contribution in [0.1, 0.15) is 31.3 Å². The van der Waals surface area contributed by atoms with E-state index >= 15 is 0 Å². The summed E-state index contributed by atoms with van der Waals surface area (Å²) >= 11 is 3.37. The largest absolute Gasteiger partial charge is 0.363 e. The van der Waals surface area contributed by atoms with Gasteiger partial charge in [-0.3, -0.25) is 0 Å². The third kappa shape index (κ3) is 3.73. The third-order valence-electron chi connectivity index (χ3n) is 2.79. The van der Waals surface area contributed by atoms with Gasteiger partial charge in [-0.1, -0.05) is 19.1 Å². The number of halogens is 2. The minimum absolute atomic E-state index is 0.0482. The highest BCUT2D eigenvalue weighted by atomic mass is 79.9. The Kier molecular flexibility index (Phi) is 4.47. The molecule has 0 spiro atoms. The van der Waals surface area contributed by atoms with E-state index in [1.165, 1.54) is 12.1 Å². The lowest BCUT2D eigenvalue weighted by atomic mass is 10.1. The zero-order valence-corrected chi connectivity index (χ0v) is 12.4. The lowest BCUT2D eigenvalue weighted by molar-refractivity contribution is 0.626. The lowest BCUT2D eigenvalue weighted by Crippen LogP contribution is -2.09. The normalized spacial score (nSPS) is 12.2. The zero-order chi connectivity index (χ0) is 13.8.